The van der Waals surface area contributed by atoms with Crippen molar-refractivity contribution >= 4 is 5.91 Å². The molecule has 2 unspecified atom stereocenters. The summed E-state index contributed by atoms with van der Waals surface area (Å²) in [7, 11) is 0. The second kappa shape index (κ2) is 7.82. The molecule has 1 aromatic heterocycles. The summed E-state index contributed by atoms with van der Waals surface area (Å²) in [4.78, 5) is 13.8. The number of carbonyl (C=O) groups excluding carboxylic acids is 1. The number of hydrogen-bond acceptors (Lipinski definition) is 5. The summed E-state index contributed by atoms with van der Waals surface area (Å²) in [6.07, 6.45) is 0.0679. The fraction of sp³-hybridized carbons (Fsp3) is 0.500. The average Bonchev–Trinajstić information content (AvgIpc) is 2.97. The highest BCUT2D eigenvalue weighted by atomic mass is 16.3. The summed E-state index contributed by atoms with van der Waals surface area (Å²) in [5, 5.41) is 24.5. The minimum Gasteiger partial charge on any atom is -0.393 e. The number of rotatable bonds is 7. The smallest absolute Gasteiger partial charge is 0.247 e. The third-order valence-corrected chi connectivity index (χ3v) is 3.47. The first kappa shape index (κ1) is 17.1. The van der Waals surface area contributed by atoms with E-state index < -0.39 is 12.1 Å². The van der Waals surface area contributed by atoms with Gasteiger partial charge in [-0.2, -0.15) is 4.80 Å². The molecule has 0 fully saturated rings. The molecule has 2 aromatic rings. The second-order valence-electron chi connectivity index (χ2n) is 5.92. The van der Waals surface area contributed by atoms with E-state index in [1.807, 2.05) is 44.2 Å². The van der Waals surface area contributed by atoms with Crippen molar-refractivity contribution in [2.24, 2.45) is 5.92 Å². The number of nitrogens with one attached hydrogen (secondary N) is 1. The van der Waals surface area contributed by atoms with E-state index in [1.54, 1.807) is 6.92 Å². The molecule has 0 saturated carbocycles. The molecule has 0 aliphatic heterocycles. The van der Waals surface area contributed by atoms with Crippen LogP contribution in [0.3, 0.4) is 0 Å². The molecule has 0 spiro atoms. The van der Waals surface area contributed by atoms with E-state index in [0.717, 1.165) is 5.56 Å². The lowest BCUT2D eigenvalue weighted by atomic mass is 10.0. The maximum Gasteiger partial charge on any atom is 0.247 e. The van der Waals surface area contributed by atoms with Crippen LogP contribution in [-0.4, -0.2) is 43.9 Å². The van der Waals surface area contributed by atoms with Gasteiger partial charge in [-0.15, -0.1) is 10.2 Å². The van der Waals surface area contributed by atoms with Crippen LogP contribution >= 0.6 is 0 Å². The van der Waals surface area contributed by atoms with Crippen molar-refractivity contribution in [3.05, 3.63) is 30.3 Å². The molecular formula is C16H23N5O2. The number of nitrogens with zero attached hydrogens (tertiary/aromatic N) is 4. The van der Waals surface area contributed by atoms with E-state index in [1.165, 1.54) is 4.80 Å². The minimum atomic E-state index is -0.533. The van der Waals surface area contributed by atoms with Gasteiger partial charge in [-0.3, -0.25) is 4.79 Å². The minimum absolute atomic E-state index is 0.0133. The lowest BCUT2D eigenvalue weighted by Crippen LogP contribution is -2.37. The molecule has 1 aromatic carbocycles. The maximum atomic E-state index is 12.4. The zero-order valence-electron chi connectivity index (χ0n) is 13.7. The van der Waals surface area contributed by atoms with Crippen LogP contribution in [0, 0.1) is 5.92 Å². The number of amides is 1. The van der Waals surface area contributed by atoms with Crippen LogP contribution in [0.4, 0.5) is 0 Å². The predicted octanol–water partition coefficient (Wildman–Crippen LogP) is 1.42. The van der Waals surface area contributed by atoms with Crippen LogP contribution in [0.2, 0.25) is 0 Å². The van der Waals surface area contributed by atoms with Gasteiger partial charge >= 0.3 is 0 Å². The van der Waals surface area contributed by atoms with E-state index in [0.29, 0.717) is 18.8 Å². The summed E-state index contributed by atoms with van der Waals surface area (Å²) >= 11 is 0. The Morgan fingerprint density at radius 2 is 1.96 bits per heavy atom. The number of carbonyl (C=O) groups is 1. The molecule has 0 saturated heterocycles. The van der Waals surface area contributed by atoms with Crippen LogP contribution in [0.15, 0.2) is 30.3 Å². The molecule has 1 heterocycles. The topological polar surface area (TPSA) is 92.9 Å². The normalized spacial score (nSPS) is 13.8. The number of tetrazole rings is 1. The maximum absolute atomic E-state index is 12.4. The zero-order valence-corrected chi connectivity index (χ0v) is 13.7. The van der Waals surface area contributed by atoms with Crippen molar-refractivity contribution < 1.29 is 9.90 Å². The standard InChI is InChI=1S/C16H23N5O2/c1-11(2)14(16(23)17-10-9-12(3)22)21-19-15(18-20-21)13-7-5-4-6-8-13/h4-8,11-12,14,22H,9-10H2,1-3H3,(H,17,23). The van der Waals surface area contributed by atoms with Crippen LogP contribution in [0.25, 0.3) is 11.4 Å². The lowest BCUT2D eigenvalue weighted by Gasteiger charge is -2.19. The average molecular weight is 317 g/mol. The number of aliphatic hydroxyl groups excluding tert-OH is 1. The summed E-state index contributed by atoms with van der Waals surface area (Å²) < 4.78 is 0. The van der Waals surface area contributed by atoms with Crippen LogP contribution in [0.1, 0.15) is 33.2 Å². The van der Waals surface area contributed by atoms with E-state index in [2.05, 4.69) is 20.7 Å². The lowest BCUT2D eigenvalue weighted by molar-refractivity contribution is -0.126. The van der Waals surface area contributed by atoms with Gasteiger partial charge in [-0.25, -0.2) is 0 Å². The van der Waals surface area contributed by atoms with Crippen LogP contribution < -0.4 is 5.32 Å². The Balaban J connectivity index is 2.12. The molecule has 0 bridgehead atoms. The monoisotopic (exact) mass is 317 g/mol. The van der Waals surface area contributed by atoms with Gasteiger partial charge in [0.05, 0.1) is 6.10 Å². The van der Waals surface area contributed by atoms with Gasteiger partial charge in [0.2, 0.25) is 11.7 Å². The highest BCUT2D eigenvalue weighted by Gasteiger charge is 2.26. The Kier molecular flexibility index (Phi) is 5.81. The van der Waals surface area contributed by atoms with Crippen molar-refractivity contribution in [2.75, 3.05) is 6.54 Å². The Morgan fingerprint density at radius 3 is 2.57 bits per heavy atom. The Hall–Kier alpha value is -2.28. The van der Waals surface area contributed by atoms with Crippen molar-refractivity contribution in [3.8, 4) is 11.4 Å². The van der Waals surface area contributed by atoms with Crippen LogP contribution in [-0.2, 0) is 4.79 Å². The molecule has 23 heavy (non-hydrogen) atoms. The number of aliphatic hydroxyl groups is 1. The van der Waals surface area contributed by atoms with Gasteiger partial charge in [0, 0.05) is 12.1 Å². The first-order valence-electron chi connectivity index (χ1n) is 7.79. The molecular weight excluding hydrogens is 294 g/mol. The summed E-state index contributed by atoms with van der Waals surface area (Å²) in [6, 6.07) is 8.98. The third-order valence-electron chi connectivity index (χ3n) is 3.47. The zero-order chi connectivity index (χ0) is 16.8. The highest BCUT2D eigenvalue weighted by molar-refractivity contribution is 5.80. The van der Waals surface area contributed by atoms with Gasteiger partial charge in [0.15, 0.2) is 6.04 Å². The SMILES string of the molecule is CC(O)CCNC(=O)C(C(C)C)n1nnc(-c2ccccc2)n1. The number of benzene rings is 1. The summed E-state index contributed by atoms with van der Waals surface area (Å²) in [5.74, 6) is 0.338. The quantitative estimate of drug-likeness (QED) is 0.805. The van der Waals surface area contributed by atoms with Crippen molar-refractivity contribution in [2.45, 2.75) is 39.3 Å². The van der Waals surface area contributed by atoms with Gasteiger partial charge in [-0.05, 0) is 24.5 Å². The molecule has 2 rings (SSSR count). The predicted molar refractivity (Wildman–Crippen MR) is 86.4 cm³/mol. The highest BCUT2D eigenvalue weighted by Crippen LogP contribution is 2.18. The van der Waals surface area contributed by atoms with Gasteiger partial charge in [0.25, 0.3) is 0 Å². The molecule has 0 aliphatic rings. The summed E-state index contributed by atoms with van der Waals surface area (Å²) in [6.45, 7) is 5.98. The van der Waals surface area contributed by atoms with Gasteiger partial charge in [-0.1, -0.05) is 44.2 Å². The number of hydrogen-bond donors (Lipinski definition) is 2. The van der Waals surface area contributed by atoms with E-state index >= 15 is 0 Å². The molecule has 0 aliphatic carbocycles. The van der Waals surface area contributed by atoms with Crippen molar-refractivity contribution in [1.82, 2.24) is 25.5 Å². The van der Waals surface area contributed by atoms with Crippen LogP contribution in [0.5, 0.6) is 0 Å². The molecule has 1 amide bonds. The molecule has 2 atom stereocenters. The molecule has 7 heteroatoms. The fourth-order valence-electron chi connectivity index (χ4n) is 2.23. The molecule has 2 N–H and O–H groups in total. The first-order chi connectivity index (χ1) is 11.0. The van der Waals surface area contributed by atoms with Crippen molar-refractivity contribution in [1.29, 1.82) is 0 Å². The van der Waals surface area contributed by atoms with E-state index in [-0.39, 0.29) is 11.8 Å². The third kappa shape index (κ3) is 4.59. The van der Waals surface area contributed by atoms with Crippen molar-refractivity contribution in [3.63, 3.8) is 0 Å². The van der Waals surface area contributed by atoms with E-state index in [4.69, 9.17) is 0 Å². The first-order valence-corrected chi connectivity index (χ1v) is 7.79. The molecule has 124 valence electrons. The largest absolute Gasteiger partial charge is 0.393 e. The summed E-state index contributed by atoms with van der Waals surface area (Å²) in [5.41, 5.74) is 0.857. The Labute approximate surface area is 135 Å². The Bertz CT molecular complexity index is 624. The molecule has 0 radical (unpaired) electrons. The van der Waals surface area contributed by atoms with Gasteiger partial charge in [0.1, 0.15) is 0 Å². The number of aromatic nitrogens is 4. The fourth-order valence-corrected chi connectivity index (χ4v) is 2.23. The Morgan fingerprint density at radius 1 is 1.26 bits per heavy atom. The molecule has 7 nitrogen and oxygen atoms in total. The van der Waals surface area contributed by atoms with Gasteiger partial charge < -0.3 is 10.4 Å². The van der Waals surface area contributed by atoms with E-state index in [9.17, 15) is 9.90 Å². The second-order valence-corrected chi connectivity index (χ2v) is 5.92.